The number of rotatable bonds is 7. The topological polar surface area (TPSA) is 222 Å². The lowest BCUT2D eigenvalue weighted by Gasteiger charge is -2.44. The fourth-order valence-corrected chi connectivity index (χ4v) is 3.59. The van der Waals surface area contributed by atoms with Crippen LogP contribution in [0.5, 0.6) is 5.75 Å². The number of hydrogen-bond acceptors (Lipinski definition) is 14. The summed E-state index contributed by atoms with van der Waals surface area (Å²) >= 11 is 0. The molecule has 0 bridgehead atoms. The Labute approximate surface area is 198 Å². The van der Waals surface area contributed by atoms with Crippen molar-refractivity contribution in [1.82, 2.24) is 0 Å². The molecule has 0 aromatic heterocycles. The highest BCUT2D eigenvalue weighted by atomic mass is 16.8. The van der Waals surface area contributed by atoms with Crippen molar-refractivity contribution in [3.8, 4) is 5.75 Å². The fourth-order valence-electron chi connectivity index (χ4n) is 3.59. The first-order valence-corrected chi connectivity index (χ1v) is 10.6. The first-order valence-electron chi connectivity index (χ1n) is 10.6. The molecule has 0 radical (unpaired) electrons. The third-order valence-electron chi connectivity index (χ3n) is 5.52. The number of carbonyl (C=O) groups excluding carboxylic acids is 2. The Morgan fingerprint density at radius 2 is 1.37 bits per heavy atom. The Morgan fingerprint density at radius 3 is 1.94 bits per heavy atom. The molecule has 10 atom stereocenters. The quantitative estimate of drug-likeness (QED) is 0.141. The maximum absolute atomic E-state index is 12.5. The standard InChI is InChI=1S/C21H28O14/c1-8(23)32-10-5-3-2-4-9(10)19(30)31-7-12-14(25)16(27)18(29)21(34-12)35-20-17(28)15(26)13(24)11(6-22)33-20/h2-5,11-18,20-22,24-29H,6-7H2,1H3/t11?,12-,13-,14-,15+,16+,17-,18-,20-,21-/m1/s1. The van der Waals surface area contributed by atoms with Gasteiger partial charge in [-0.3, -0.25) is 4.79 Å². The van der Waals surface area contributed by atoms with Gasteiger partial charge in [0.2, 0.25) is 0 Å². The van der Waals surface area contributed by atoms with Gasteiger partial charge in [0.05, 0.1) is 6.61 Å². The van der Waals surface area contributed by atoms with Gasteiger partial charge in [-0.1, -0.05) is 12.1 Å². The Bertz CT molecular complexity index is 877. The van der Waals surface area contributed by atoms with E-state index in [2.05, 4.69) is 0 Å². The molecule has 14 heteroatoms. The fraction of sp³-hybridized carbons (Fsp3) is 0.619. The number of esters is 2. The highest BCUT2D eigenvalue weighted by Crippen LogP contribution is 2.28. The summed E-state index contributed by atoms with van der Waals surface area (Å²) in [5, 5.41) is 69.9. The monoisotopic (exact) mass is 504 g/mol. The lowest BCUT2D eigenvalue weighted by molar-refractivity contribution is -0.376. The normalized spacial score (nSPS) is 37.5. The molecule has 196 valence electrons. The summed E-state index contributed by atoms with van der Waals surface area (Å²) in [7, 11) is 0. The van der Waals surface area contributed by atoms with Gasteiger partial charge >= 0.3 is 11.9 Å². The van der Waals surface area contributed by atoms with Gasteiger partial charge in [0.15, 0.2) is 12.6 Å². The minimum Gasteiger partial charge on any atom is -0.459 e. The molecular weight excluding hydrogens is 476 g/mol. The smallest absolute Gasteiger partial charge is 0.342 e. The van der Waals surface area contributed by atoms with E-state index < -0.39 is 86.6 Å². The van der Waals surface area contributed by atoms with Crippen molar-refractivity contribution in [1.29, 1.82) is 0 Å². The number of hydrogen-bond donors (Lipinski definition) is 7. The molecule has 2 fully saturated rings. The molecule has 35 heavy (non-hydrogen) atoms. The van der Waals surface area contributed by atoms with Crippen molar-refractivity contribution >= 4 is 11.9 Å². The van der Waals surface area contributed by atoms with Crippen LogP contribution in [0, 0.1) is 0 Å². The molecule has 0 amide bonds. The van der Waals surface area contributed by atoms with E-state index >= 15 is 0 Å². The van der Waals surface area contributed by atoms with Gasteiger partial charge in [0.1, 0.15) is 66.8 Å². The average Bonchev–Trinajstić information content (AvgIpc) is 2.83. The summed E-state index contributed by atoms with van der Waals surface area (Å²) < 4.78 is 26.0. The predicted molar refractivity (Wildman–Crippen MR) is 110 cm³/mol. The third kappa shape index (κ3) is 6.13. The number of ether oxygens (including phenoxy) is 5. The summed E-state index contributed by atoms with van der Waals surface area (Å²) in [4.78, 5) is 23.7. The molecular formula is C21H28O14. The first-order chi connectivity index (χ1) is 16.5. The minimum absolute atomic E-state index is 0.0607. The Balaban J connectivity index is 1.67. The maximum Gasteiger partial charge on any atom is 0.342 e. The van der Waals surface area contributed by atoms with E-state index in [9.17, 15) is 45.3 Å². The second-order valence-electron chi connectivity index (χ2n) is 8.04. The van der Waals surface area contributed by atoms with Gasteiger partial charge in [-0.15, -0.1) is 0 Å². The van der Waals surface area contributed by atoms with Crippen LogP contribution in [0.15, 0.2) is 24.3 Å². The van der Waals surface area contributed by atoms with Crippen LogP contribution >= 0.6 is 0 Å². The molecule has 3 rings (SSSR count). The number of aliphatic hydroxyl groups is 7. The molecule has 2 aliphatic rings. The van der Waals surface area contributed by atoms with Gasteiger partial charge in [-0.2, -0.15) is 0 Å². The summed E-state index contributed by atoms with van der Waals surface area (Å²) in [5.41, 5.74) is -0.0947. The molecule has 0 saturated carbocycles. The van der Waals surface area contributed by atoms with Crippen LogP contribution in [0.4, 0.5) is 0 Å². The highest BCUT2D eigenvalue weighted by Gasteiger charge is 2.49. The van der Waals surface area contributed by atoms with Crippen LogP contribution in [-0.2, 0) is 23.7 Å². The zero-order valence-electron chi connectivity index (χ0n) is 18.5. The van der Waals surface area contributed by atoms with Crippen LogP contribution in [0.2, 0.25) is 0 Å². The van der Waals surface area contributed by atoms with Gasteiger partial charge in [0, 0.05) is 6.92 Å². The van der Waals surface area contributed by atoms with Crippen molar-refractivity contribution in [2.24, 2.45) is 0 Å². The Hall–Kier alpha value is -2.24. The molecule has 0 aliphatic carbocycles. The lowest BCUT2D eigenvalue weighted by Crippen LogP contribution is -2.63. The van der Waals surface area contributed by atoms with E-state index in [1.54, 1.807) is 0 Å². The summed E-state index contributed by atoms with van der Waals surface area (Å²) in [6.07, 6.45) is -16.8. The molecule has 14 nitrogen and oxygen atoms in total. The van der Waals surface area contributed by atoms with Gasteiger partial charge in [-0.25, -0.2) is 4.79 Å². The maximum atomic E-state index is 12.5. The number of aliphatic hydroxyl groups excluding tert-OH is 7. The van der Waals surface area contributed by atoms with Crippen molar-refractivity contribution < 1.29 is 69.0 Å². The Kier molecular flexibility index (Phi) is 9.11. The zero-order valence-corrected chi connectivity index (χ0v) is 18.5. The van der Waals surface area contributed by atoms with E-state index in [4.69, 9.17) is 23.7 Å². The van der Waals surface area contributed by atoms with Gasteiger partial charge in [-0.05, 0) is 12.1 Å². The number of carbonyl (C=O) groups is 2. The molecule has 2 aliphatic heterocycles. The van der Waals surface area contributed by atoms with E-state index in [0.29, 0.717) is 0 Å². The third-order valence-corrected chi connectivity index (χ3v) is 5.52. The van der Waals surface area contributed by atoms with Crippen LogP contribution in [0.25, 0.3) is 0 Å². The molecule has 1 unspecified atom stereocenters. The van der Waals surface area contributed by atoms with Gasteiger partial charge in [0.25, 0.3) is 0 Å². The summed E-state index contributed by atoms with van der Waals surface area (Å²) in [5.74, 6) is -1.67. The van der Waals surface area contributed by atoms with E-state index in [-0.39, 0.29) is 11.3 Å². The average molecular weight is 504 g/mol. The summed E-state index contributed by atoms with van der Waals surface area (Å²) in [6.45, 7) is -0.211. The van der Waals surface area contributed by atoms with Crippen LogP contribution in [0.1, 0.15) is 17.3 Å². The number of benzene rings is 1. The van der Waals surface area contributed by atoms with Gasteiger partial charge < -0.3 is 59.4 Å². The lowest BCUT2D eigenvalue weighted by atomic mass is 9.98. The molecule has 2 heterocycles. The van der Waals surface area contributed by atoms with Crippen LogP contribution < -0.4 is 4.74 Å². The van der Waals surface area contributed by atoms with Crippen molar-refractivity contribution in [3.63, 3.8) is 0 Å². The van der Waals surface area contributed by atoms with E-state index in [1.807, 2.05) is 0 Å². The number of para-hydroxylation sites is 1. The van der Waals surface area contributed by atoms with Crippen LogP contribution in [-0.4, -0.2) is 122 Å². The Morgan fingerprint density at radius 1 is 0.829 bits per heavy atom. The van der Waals surface area contributed by atoms with E-state index in [0.717, 1.165) is 6.92 Å². The van der Waals surface area contributed by atoms with E-state index in [1.165, 1.54) is 24.3 Å². The molecule has 7 N–H and O–H groups in total. The zero-order chi connectivity index (χ0) is 25.9. The minimum atomic E-state index is -1.85. The highest BCUT2D eigenvalue weighted by molar-refractivity contribution is 5.93. The SMILES string of the molecule is CC(=O)Oc1ccccc1C(=O)OC[C@H]1O[C@H](O[C@H]2OC(CO)[C@@H](O)[C@H](O)[C@H]2O)[C@H](O)[C@@H](O)[C@@H]1O. The van der Waals surface area contributed by atoms with Crippen molar-refractivity contribution in [2.45, 2.75) is 68.3 Å². The second kappa shape index (κ2) is 11.7. The molecule has 1 aromatic rings. The van der Waals surface area contributed by atoms with Crippen LogP contribution in [0.3, 0.4) is 0 Å². The summed E-state index contributed by atoms with van der Waals surface area (Å²) in [6, 6.07) is 5.73. The largest absolute Gasteiger partial charge is 0.459 e. The second-order valence-corrected chi connectivity index (χ2v) is 8.04. The van der Waals surface area contributed by atoms with Crippen molar-refractivity contribution in [3.05, 3.63) is 29.8 Å². The van der Waals surface area contributed by atoms with Crippen molar-refractivity contribution in [2.75, 3.05) is 13.2 Å². The molecule has 0 spiro atoms. The predicted octanol–water partition coefficient (Wildman–Crippen LogP) is -3.61. The molecule has 1 aromatic carbocycles. The first kappa shape index (κ1) is 27.3. The molecule has 2 saturated heterocycles.